The van der Waals surface area contributed by atoms with E-state index in [-0.39, 0.29) is 0 Å². The molecule has 0 saturated carbocycles. The molecule has 0 bridgehead atoms. The lowest BCUT2D eigenvalue weighted by Crippen LogP contribution is -2.32. The summed E-state index contributed by atoms with van der Waals surface area (Å²) >= 11 is 0. The number of piperidine rings is 1. The van der Waals surface area contributed by atoms with Crippen molar-refractivity contribution in [3.63, 3.8) is 0 Å². The van der Waals surface area contributed by atoms with Crippen molar-refractivity contribution in [1.82, 2.24) is 15.1 Å². The smallest absolute Gasteiger partial charge is 0.0568 e. The zero-order valence-corrected chi connectivity index (χ0v) is 12.2. The number of benzene rings is 1. The van der Waals surface area contributed by atoms with Crippen LogP contribution in [-0.2, 0) is 13.0 Å². The first-order valence-electron chi connectivity index (χ1n) is 7.67. The van der Waals surface area contributed by atoms with E-state index in [4.69, 9.17) is 0 Å². The number of nitrogens with one attached hydrogen (secondary N) is 1. The summed E-state index contributed by atoms with van der Waals surface area (Å²) < 4.78 is 2.10. The average Bonchev–Trinajstić information content (AvgIpc) is 2.97. The predicted octanol–water partition coefficient (Wildman–Crippen LogP) is 3.11. The molecule has 0 amide bonds. The van der Waals surface area contributed by atoms with Crippen molar-refractivity contribution >= 4 is 0 Å². The van der Waals surface area contributed by atoms with E-state index in [0.717, 1.165) is 25.4 Å². The van der Waals surface area contributed by atoms with Crippen molar-refractivity contribution in [2.45, 2.75) is 32.7 Å². The topological polar surface area (TPSA) is 29.9 Å². The van der Waals surface area contributed by atoms with Crippen LogP contribution in [0.4, 0.5) is 0 Å². The van der Waals surface area contributed by atoms with Crippen LogP contribution in [0.25, 0.3) is 11.1 Å². The molecular weight excluding hydrogens is 246 g/mol. The number of rotatable bonds is 4. The minimum absolute atomic E-state index is 0.721. The summed E-state index contributed by atoms with van der Waals surface area (Å²) in [5.74, 6) is 0.721. The second-order valence-corrected chi connectivity index (χ2v) is 5.71. The van der Waals surface area contributed by atoms with Crippen LogP contribution in [0.3, 0.4) is 0 Å². The zero-order chi connectivity index (χ0) is 13.8. The van der Waals surface area contributed by atoms with Gasteiger partial charge in [-0.2, -0.15) is 5.10 Å². The molecule has 3 rings (SSSR count). The van der Waals surface area contributed by atoms with E-state index in [1.807, 2.05) is 6.20 Å². The minimum Gasteiger partial charge on any atom is -0.316 e. The van der Waals surface area contributed by atoms with Crippen molar-refractivity contribution in [3.05, 3.63) is 42.2 Å². The largest absolute Gasteiger partial charge is 0.316 e. The van der Waals surface area contributed by atoms with E-state index >= 15 is 0 Å². The first-order chi connectivity index (χ1) is 9.85. The highest BCUT2D eigenvalue weighted by molar-refractivity contribution is 5.61. The lowest BCUT2D eigenvalue weighted by atomic mass is 10.00. The molecule has 20 heavy (non-hydrogen) atoms. The van der Waals surface area contributed by atoms with Crippen LogP contribution in [0, 0.1) is 5.92 Å². The molecule has 0 spiro atoms. The lowest BCUT2D eigenvalue weighted by Gasteiger charge is -2.22. The van der Waals surface area contributed by atoms with Gasteiger partial charge in [0, 0.05) is 18.3 Å². The van der Waals surface area contributed by atoms with E-state index in [2.05, 4.69) is 52.5 Å². The van der Waals surface area contributed by atoms with Crippen LogP contribution >= 0.6 is 0 Å². The van der Waals surface area contributed by atoms with Crippen molar-refractivity contribution < 1.29 is 0 Å². The summed E-state index contributed by atoms with van der Waals surface area (Å²) in [6.45, 7) is 5.51. The van der Waals surface area contributed by atoms with E-state index in [9.17, 15) is 0 Å². The number of nitrogens with zero attached hydrogens (tertiary/aromatic N) is 2. The van der Waals surface area contributed by atoms with Crippen LogP contribution in [0.5, 0.6) is 0 Å². The summed E-state index contributed by atoms with van der Waals surface area (Å²) in [5, 5.41) is 7.98. The molecule has 1 fully saturated rings. The Labute approximate surface area is 121 Å². The van der Waals surface area contributed by atoms with Gasteiger partial charge in [-0.3, -0.25) is 4.68 Å². The molecule has 1 aromatic heterocycles. The number of aryl methyl sites for hydroxylation is 1. The number of hydrogen-bond acceptors (Lipinski definition) is 2. The molecular formula is C17H23N3. The van der Waals surface area contributed by atoms with Gasteiger partial charge in [-0.15, -0.1) is 0 Å². The van der Waals surface area contributed by atoms with Crippen molar-refractivity contribution in [1.29, 1.82) is 0 Å². The van der Waals surface area contributed by atoms with Gasteiger partial charge in [0.1, 0.15) is 0 Å². The van der Waals surface area contributed by atoms with Crippen LogP contribution in [0.2, 0.25) is 0 Å². The van der Waals surface area contributed by atoms with E-state index in [1.165, 1.54) is 36.1 Å². The van der Waals surface area contributed by atoms with Gasteiger partial charge < -0.3 is 5.32 Å². The van der Waals surface area contributed by atoms with E-state index in [1.54, 1.807) is 0 Å². The number of aromatic nitrogens is 2. The first kappa shape index (κ1) is 13.4. The molecule has 3 heteroatoms. The molecule has 0 aliphatic carbocycles. The third-order valence-electron chi connectivity index (χ3n) is 4.17. The SMILES string of the molecule is CCc1ccc(-c2cnn(CC3CCCNC3)c2)cc1. The number of hydrogen-bond donors (Lipinski definition) is 1. The molecule has 2 aromatic rings. The monoisotopic (exact) mass is 269 g/mol. The van der Waals surface area contributed by atoms with E-state index in [0.29, 0.717) is 0 Å². The second kappa shape index (κ2) is 6.23. The van der Waals surface area contributed by atoms with Crippen LogP contribution in [-0.4, -0.2) is 22.9 Å². The molecule has 1 N–H and O–H groups in total. The van der Waals surface area contributed by atoms with Crippen LogP contribution in [0.15, 0.2) is 36.7 Å². The van der Waals surface area contributed by atoms with Crippen molar-refractivity contribution in [2.75, 3.05) is 13.1 Å². The van der Waals surface area contributed by atoms with Crippen molar-refractivity contribution in [2.24, 2.45) is 5.92 Å². The third-order valence-corrected chi connectivity index (χ3v) is 4.17. The fraction of sp³-hybridized carbons (Fsp3) is 0.471. The molecule has 1 aliphatic rings. The Kier molecular flexibility index (Phi) is 4.16. The van der Waals surface area contributed by atoms with Crippen LogP contribution in [0.1, 0.15) is 25.3 Å². The van der Waals surface area contributed by atoms with Gasteiger partial charge in [0.15, 0.2) is 0 Å². The third kappa shape index (κ3) is 3.10. The molecule has 1 unspecified atom stereocenters. The van der Waals surface area contributed by atoms with Crippen molar-refractivity contribution in [3.8, 4) is 11.1 Å². The Morgan fingerprint density at radius 3 is 2.80 bits per heavy atom. The fourth-order valence-electron chi connectivity index (χ4n) is 2.89. The fourth-order valence-corrected chi connectivity index (χ4v) is 2.89. The lowest BCUT2D eigenvalue weighted by molar-refractivity contribution is 0.325. The summed E-state index contributed by atoms with van der Waals surface area (Å²) in [5.41, 5.74) is 3.86. The molecule has 1 aliphatic heterocycles. The maximum absolute atomic E-state index is 4.52. The van der Waals surface area contributed by atoms with Crippen LogP contribution < -0.4 is 5.32 Å². The van der Waals surface area contributed by atoms with Gasteiger partial charge in [-0.05, 0) is 49.4 Å². The van der Waals surface area contributed by atoms with Gasteiger partial charge in [0.2, 0.25) is 0 Å². The van der Waals surface area contributed by atoms with Gasteiger partial charge in [0.25, 0.3) is 0 Å². The van der Waals surface area contributed by atoms with Gasteiger partial charge in [-0.1, -0.05) is 31.2 Å². The summed E-state index contributed by atoms with van der Waals surface area (Å²) in [6, 6.07) is 8.81. The molecule has 2 heterocycles. The first-order valence-corrected chi connectivity index (χ1v) is 7.67. The maximum Gasteiger partial charge on any atom is 0.0568 e. The molecule has 1 atom stereocenters. The Morgan fingerprint density at radius 1 is 1.25 bits per heavy atom. The summed E-state index contributed by atoms with van der Waals surface area (Å²) in [6.07, 6.45) is 7.85. The standard InChI is InChI=1S/C17H23N3/c1-2-14-5-7-16(8-6-14)17-11-19-20(13-17)12-15-4-3-9-18-10-15/h5-8,11,13,15,18H,2-4,9-10,12H2,1H3. The molecule has 106 valence electrons. The van der Waals surface area contributed by atoms with E-state index < -0.39 is 0 Å². The zero-order valence-electron chi connectivity index (χ0n) is 12.2. The highest BCUT2D eigenvalue weighted by Crippen LogP contribution is 2.20. The maximum atomic E-state index is 4.52. The average molecular weight is 269 g/mol. The molecule has 0 radical (unpaired) electrons. The quantitative estimate of drug-likeness (QED) is 0.924. The second-order valence-electron chi connectivity index (χ2n) is 5.71. The Bertz CT molecular complexity index is 536. The normalized spacial score (nSPS) is 19.1. The Balaban J connectivity index is 1.68. The summed E-state index contributed by atoms with van der Waals surface area (Å²) in [4.78, 5) is 0. The van der Waals surface area contributed by atoms with Gasteiger partial charge in [0.05, 0.1) is 6.20 Å². The molecule has 3 nitrogen and oxygen atoms in total. The van der Waals surface area contributed by atoms with Gasteiger partial charge in [-0.25, -0.2) is 0 Å². The Morgan fingerprint density at radius 2 is 2.10 bits per heavy atom. The summed E-state index contributed by atoms with van der Waals surface area (Å²) in [7, 11) is 0. The Hall–Kier alpha value is -1.61. The minimum atomic E-state index is 0.721. The highest BCUT2D eigenvalue weighted by Gasteiger charge is 2.14. The highest BCUT2D eigenvalue weighted by atomic mass is 15.3. The van der Waals surface area contributed by atoms with Gasteiger partial charge >= 0.3 is 0 Å². The predicted molar refractivity (Wildman–Crippen MR) is 82.6 cm³/mol. The molecule has 1 saturated heterocycles. The molecule has 1 aromatic carbocycles.